The average Bonchev–Trinajstić information content (AvgIpc) is 3.32. The Hall–Kier alpha value is -3.07. The van der Waals surface area contributed by atoms with Gasteiger partial charge in [0.05, 0.1) is 33.9 Å². The van der Waals surface area contributed by atoms with Crippen molar-refractivity contribution in [2.45, 2.75) is 19.6 Å². The maximum Gasteiger partial charge on any atom is 0.238 e. The molecule has 0 spiro atoms. The number of aromatic amines is 4. The molecule has 0 unspecified atom stereocenters. The number of hydrogen-bond acceptors (Lipinski definition) is 4. The Morgan fingerprint density at radius 1 is 1.19 bits per heavy atom. The first kappa shape index (κ1) is 17.3. The van der Waals surface area contributed by atoms with Crippen LogP contribution in [0.15, 0.2) is 36.8 Å². The van der Waals surface area contributed by atoms with Crippen molar-refractivity contribution in [2.24, 2.45) is 17.2 Å². The summed E-state index contributed by atoms with van der Waals surface area (Å²) in [7, 11) is 0. The maximum atomic E-state index is 5.86. The zero-order valence-corrected chi connectivity index (χ0v) is 15.4. The van der Waals surface area contributed by atoms with E-state index in [4.69, 9.17) is 17.2 Å². The molecule has 0 fully saturated rings. The molecule has 0 saturated carbocycles. The van der Waals surface area contributed by atoms with Crippen LogP contribution in [0.4, 0.5) is 5.69 Å². The van der Waals surface area contributed by atoms with Gasteiger partial charge in [-0.25, -0.2) is 4.98 Å². The SMILES string of the molecule is CCNc1c[nH]c(-c2[nH]c3cc(C(N)(N)N)c[nH+]c3c2-c2ccc[nH]2)c1C. The Bertz CT molecular complexity index is 1080. The maximum absolute atomic E-state index is 5.86. The Kier molecular flexibility index (Phi) is 4.03. The highest BCUT2D eigenvalue weighted by atomic mass is 15.1. The number of aromatic nitrogens is 4. The van der Waals surface area contributed by atoms with Gasteiger partial charge in [0.25, 0.3) is 0 Å². The van der Waals surface area contributed by atoms with Crippen molar-refractivity contribution in [2.75, 3.05) is 11.9 Å². The van der Waals surface area contributed by atoms with Crippen molar-refractivity contribution in [3.05, 3.63) is 47.9 Å². The van der Waals surface area contributed by atoms with Crippen LogP contribution >= 0.6 is 0 Å². The summed E-state index contributed by atoms with van der Waals surface area (Å²) in [5.41, 5.74) is 26.2. The summed E-state index contributed by atoms with van der Waals surface area (Å²) in [4.78, 5) is 13.5. The number of hydrogen-bond donors (Lipinski definition) is 7. The number of pyridine rings is 1. The number of fused-ring (bicyclic) bond motifs is 1. The van der Waals surface area contributed by atoms with Crippen LogP contribution in [0.2, 0.25) is 0 Å². The fourth-order valence-corrected chi connectivity index (χ4v) is 3.45. The van der Waals surface area contributed by atoms with Crippen molar-refractivity contribution >= 4 is 16.7 Å². The van der Waals surface area contributed by atoms with Crippen LogP contribution in [-0.2, 0) is 5.79 Å². The van der Waals surface area contributed by atoms with Crippen molar-refractivity contribution in [1.29, 1.82) is 0 Å². The molecule has 0 aliphatic carbocycles. The van der Waals surface area contributed by atoms with Gasteiger partial charge in [0.1, 0.15) is 11.3 Å². The van der Waals surface area contributed by atoms with E-state index >= 15 is 0 Å². The quantitative estimate of drug-likeness (QED) is 0.269. The smallest absolute Gasteiger partial charge is 0.238 e. The highest BCUT2D eigenvalue weighted by Crippen LogP contribution is 2.38. The molecular weight excluding hydrogens is 340 g/mol. The number of H-pyrrole nitrogens is 4. The fourth-order valence-electron chi connectivity index (χ4n) is 3.45. The van der Waals surface area contributed by atoms with Crippen molar-refractivity contribution in [3.63, 3.8) is 0 Å². The van der Waals surface area contributed by atoms with Gasteiger partial charge >= 0.3 is 0 Å². The molecule has 8 nitrogen and oxygen atoms in total. The number of rotatable bonds is 5. The lowest BCUT2D eigenvalue weighted by atomic mass is 10.1. The summed E-state index contributed by atoms with van der Waals surface area (Å²) >= 11 is 0. The van der Waals surface area contributed by atoms with E-state index in [0.717, 1.165) is 51.5 Å². The molecule has 0 amide bonds. The van der Waals surface area contributed by atoms with E-state index in [2.05, 4.69) is 39.1 Å². The molecule has 8 heteroatoms. The summed E-state index contributed by atoms with van der Waals surface area (Å²) in [6, 6.07) is 5.89. The Balaban J connectivity index is 1.98. The van der Waals surface area contributed by atoms with Crippen LogP contribution in [0.1, 0.15) is 18.1 Å². The molecule has 0 saturated heterocycles. The molecule has 0 aliphatic heterocycles. The molecule has 0 atom stereocenters. The molecule has 4 rings (SSSR count). The van der Waals surface area contributed by atoms with Gasteiger partial charge in [-0.3, -0.25) is 17.2 Å². The summed E-state index contributed by atoms with van der Waals surface area (Å²) in [5.74, 6) is -1.41. The topological polar surface area (TPSA) is 152 Å². The first-order valence-electron chi connectivity index (χ1n) is 8.90. The predicted molar refractivity (Wildman–Crippen MR) is 108 cm³/mol. The second-order valence-corrected chi connectivity index (χ2v) is 6.80. The summed E-state index contributed by atoms with van der Waals surface area (Å²) < 4.78 is 0. The lowest BCUT2D eigenvalue weighted by Gasteiger charge is -2.16. The van der Waals surface area contributed by atoms with Gasteiger partial charge in [-0.1, -0.05) is 0 Å². The molecule has 4 aromatic rings. The van der Waals surface area contributed by atoms with Gasteiger partial charge in [-0.05, 0) is 37.6 Å². The zero-order chi connectivity index (χ0) is 19.2. The second-order valence-electron chi connectivity index (χ2n) is 6.80. The van der Waals surface area contributed by atoms with Gasteiger partial charge < -0.3 is 20.3 Å². The summed E-state index contributed by atoms with van der Waals surface area (Å²) in [5, 5.41) is 3.37. The zero-order valence-electron chi connectivity index (χ0n) is 15.4. The largest absolute Gasteiger partial charge is 0.384 e. The van der Waals surface area contributed by atoms with E-state index in [1.165, 1.54) is 0 Å². The van der Waals surface area contributed by atoms with Crippen LogP contribution in [0.3, 0.4) is 0 Å². The third kappa shape index (κ3) is 2.89. The Morgan fingerprint density at radius 3 is 2.67 bits per heavy atom. The van der Waals surface area contributed by atoms with Crippen molar-refractivity contribution in [1.82, 2.24) is 15.0 Å². The van der Waals surface area contributed by atoms with E-state index in [9.17, 15) is 0 Å². The molecule has 11 N–H and O–H groups in total. The minimum atomic E-state index is -1.41. The van der Waals surface area contributed by atoms with Crippen LogP contribution in [0.5, 0.6) is 0 Å². The normalized spacial score (nSPS) is 12.0. The number of nitrogens with two attached hydrogens (primary N) is 3. The highest BCUT2D eigenvalue weighted by molar-refractivity contribution is 5.99. The van der Waals surface area contributed by atoms with Gasteiger partial charge in [-0.15, -0.1) is 0 Å². The minimum Gasteiger partial charge on any atom is -0.384 e. The molecule has 0 bridgehead atoms. The molecule has 27 heavy (non-hydrogen) atoms. The van der Waals surface area contributed by atoms with Crippen LogP contribution < -0.4 is 27.5 Å². The van der Waals surface area contributed by atoms with Gasteiger partial charge in [0.2, 0.25) is 5.52 Å². The monoisotopic (exact) mass is 365 g/mol. The molecular formula is C19H25N8+. The molecule has 0 aromatic carbocycles. The highest BCUT2D eigenvalue weighted by Gasteiger charge is 2.26. The number of anilines is 1. The first-order valence-corrected chi connectivity index (χ1v) is 8.90. The molecule has 4 heterocycles. The summed E-state index contributed by atoms with van der Waals surface area (Å²) in [6.45, 7) is 5.03. The van der Waals surface area contributed by atoms with Gasteiger partial charge in [0, 0.05) is 18.9 Å². The standard InChI is InChI=1S/C19H24N8/c1-3-23-14-9-26-16(10(14)2)18-15(12-5-4-6-24-12)17-13(27-18)7-11(8-25-17)19(20,21)22/h4-9,23-24,26-27H,3,20-22H2,1-2H3/p+1. The van der Waals surface area contributed by atoms with E-state index in [-0.39, 0.29) is 0 Å². The first-order chi connectivity index (χ1) is 12.9. The molecule has 0 aliphatic rings. The molecule has 0 radical (unpaired) electrons. The lowest BCUT2D eigenvalue weighted by Crippen LogP contribution is -2.54. The van der Waals surface area contributed by atoms with Crippen LogP contribution in [0.25, 0.3) is 33.7 Å². The lowest BCUT2D eigenvalue weighted by molar-refractivity contribution is -0.345. The van der Waals surface area contributed by atoms with E-state index in [0.29, 0.717) is 5.56 Å². The van der Waals surface area contributed by atoms with E-state index in [1.54, 1.807) is 6.20 Å². The average molecular weight is 365 g/mol. The summed E-state index contributed by atoms with van der Waals surface area (Å²) in [6.07, 6.45) is 5.64. The fraction of sp³-hybridized carbons (Fsp3) is 0.211. The van der Waals surface area contributed by atoms with Crippen molar-refractivity contribution in [3.8, 4) is 22.6 Å². The van der Waals surface area contributed by atoms with Gasteiger partial charge in [-0.2, -0.15) is 0 Å². The predicted octanol–water partition coefficient (Wildman–Crippen LogP) is 1.70. The Morgan fingerprint density at radius 2 is 2.00 bits per heavy atom. The third-order valence-electron chi connectivity index (χ3n) is 4.83. The molecule has 140 valence electrons. The second kappa shape index (κ2) is 6.27. The van der Waals surface area contributed by atoms with Crippen LogP contribution in [-0.4, -0.2) is 21.5 Å². The number of nitrogens with one attached hydrogen (secondary N) is 5. The van der Waals surface area contributed by atoms with Crippen molar-refractivity contribution < 1.29 is 4.98 Å². The van der Waals surface area contributed by atoms with E-state index in [1.807, 2.05) is 30.6 Å². The molecule has 4 aromatic heterocycles. The third-order valence-corrected chi connectivity index (χ3v) is 4.83. The van der Waals surface area contributed by atoms with Gasteiger partial charge in [0.15, 0.2) is 6.20 Å². The van der Waals surface area contributed by atoms with E-state index < -0.39 is 5.79 Å². The van der Waals surface area contributed by atoms with Crippen LogP contribution in [0, 0.1) is 6.92 Å². The minimum absolute atomic E-state index is 0.609. The Labute approximate surface area is 156 Å².